The van der Waals surface area contributed by atoms with Gasteiger partial charge in [0.15, 0.2) is 0 Å². The molecule has 5 nitrogen and oxygen atoms in total. The highest BCUT2D eigenvalue weighted by molar-refractivity contribution is 5.98. The van der Waals surface area contributed by atoms with Gasteiger partial charge in [0.1, 0.15) is 0 Å². The van der Waals surface area contributed by atoms with Gasteiger partial charge in [0.2, 0.25) is 0 Å². The largest absolute Gasteiger partial charge is 0.351 e. The molecular formula is C17H20N4O. The third-order valence-corrected chi connectivity index (χ3v) is 3.89. The van der Waals surface area contributed by atoms with E-state index in [1.807, 2.05) is 73.0 Å². The molecule has 0 aliphatic carbocycles. The summed E-state index contributed by atoms with van der Waals surface area (Å²) in [7, 11) is 1.98. The van der Waals surface area contributed by atoms with Crippen molar-refractivity contribution in [2.75, 3.05) is 6.54 Å². The summed E-state index contributed by atoms with van der Waals surface area (Å²) in [5, 5.41) is 8.39. The Labute approximate surface area is 129 Å². The lowest BCUT2D eigenvalue weighted by molar-refractivity contribution is 0.0948. The molecule has 0 radical (unpaired) electrons. The van der Waals surface area contributed by atoms with Gasteiger partial charge in [-0.2, -0.15) is 5.10 Å². The van der Waals surface area contributed by atoms with Crippen LogP contribution in [-0.4, -0.2) is 26.8 Å². The van der Waals surface area contributed by atoms with Gasteiger partial charge in [-0.25, -0.2) is 0 Å². The second kappa shape index (κ2) is 5.67. The van der Waals surface area contributed by atoms with Crippen LogP contribution in [0.2, 0.25) is 0 Å². The summed E-state index contributed by atoms with van der Waals surface area (Å²) >= 11 is 0. The van der Waals surface area contributed by atoms with Crippen molar-refractivity contribution in [2.45, 2.75) is 19.9 Å². The number of nitrogens with one attached hydrogen (secondary N) is 1. The van der Waals surface area contributed by atoms with E-state index in [1.54, 1.807) is 0 Å². The van der Waals surface area contributed by atoms with Crippen molar-refractivity contribution < 1.29 is 4.79 Å². The highest BCUT2D eigenvalue weighted by Gasteiger charge is 2.11. The molecule has 1 amide bonds. The Hall–Kier alpha value is -2.56. The first-order valence-corrected chi connectivity index (χ1v) is 7.38. The summed E-state index contributed by atoms with van der Waals surface area (Å²) in [4.78, 5) is 12.3. The van der Waals surface area contributed by atoms with Crippen molar-refractivity contribution in [2.24, 2.45) is 7.05 Å². The first kappa shape index (κ1) is 14.4. The molecule has 0 spiro atoms. The van der Waals surface area contributed by atoms with E-state index in [-0.39, 0.29) is 11.9 Å². The molecule has 0 aliphatic heterocycles. The third kappa shape index (κ3) is 2.74. The fraction of sp³-hybridized carbons (Fsp3) is 0.294. The third-order valence-electron chi connectivity index (χ3n) is 3.89. The Morgan fingerprint density at radius 2 is 2.18 bits per heavy atom. The molecule has 3 aromatic rings. The quantitative estimate of drug-likeness (QED) is 0.804. The number of aromatic nitrogens is 3. The maximum absolute atomic E-state index is 12.3. The molecule has 1 N–H and O–H groups in total. The summed E-state index contributed by atoms with van der Waals surface area (Å²) in [6.45, 7) is 4.59. The summed E-state index contributed by atoms with van der Waals surface area (Å²) in [5.41, 5.74) is 2.86. The summed E-state index contributed by atoms with van der Waals surface area (Å²) in [6, 6.07) is 7.92. The van der Waals surface area contributed by atoms with Gasteiger partial charge < -0.3 is 9.88 Å². The average Bonchev–Trinajstić information content (AvgIpc) is 3.11. The zero-order valence-corrected chi connectivity index (χ0v) is 13.1. The molecule has 1 unspecified atom stereocenters. The van der Waals surface area contributed by atoms with Crippen molar-refractivity contribution in [3.8, 4) is 0 Å². The second-order valence-corrected chi connectivity index (χ2v) is 5.76. The molecule has 0 bridgehead atoms. The highest BCUT2D eigenvalue weighted by Crippen LogP contribution is 2.16. The number of hydrogen-bond acceptors (Lipinski definition) is 2. The molecule has 0 saturated heterocycles. The van der Waals surface area contributed by atoms with E-state index >= 15 is 0 Å². The number of nitrogens with zero attached hydrogens (tertiary/aromatic N) is 3. The molecule has 0 fully saturated rings. The van der Waals surface area contributed by atoms with Crippen LogP contribution in [0.5, 0.6) is 0 Å². The second-order valence-electron chi connectivity index (χ2n) is 5.76. The van der Waals surface area contributed by atoms with Gasteiger partial charge in [0.05, 0.1) is 12.2 Å². The number of fused-ring (bicyclic) bond motifs is 1. The predicted molar refractivity (Wildman–Crippen MR) is 86.9 cm³/mol. The number of amides is 1. The average molecular weight is 296 g/mol. The molecule has 2 heterocycles. The number of benzene rings is 1. The standard InChI is InChI=1S/C17H20N4O/c1-12-9-19-21(11-12)13(2)10-18-17(22)15-5-4-14-6-7-20(3)16(14)8-15/h4-9,11,13H,10H2,1-3H3,(H,18,22). The number of rotatable bonds is 4. The van der Waals surface area contributed by atoms with E-state index in [0.717, 1.165) is 16.5 Å². The van der Waals surface area contributed by atoms with Gasteiger partial charge in [-0.3, -0.25) is 9.48 Å². The fourth-order valence-electron chi connectivity index (χ4n) is 2.51. The van der Waals surface area contributed by atoms with Crippen molar-refractivity contribution in [3.05, 3.63) is 54.0 Å². The lowest BCUT2D eigenvalue weighted by Crippen LogP contribution is -2.29. The molecule has 1 aromatic carbocycles. The first-order chi connectivity index (χ1) is 10.5. The number of carbonyl (C=O) groups excluding carboxylic acids is 1. The van der Waals surface area contributed by atoms with Crippen LogP contribution in [0, 0.1) is 6.92 Å². The van der Waals surface area contributed by atoms with Crippen LogP contribution in [0.1, 0.15) is 28.9 Å². The van der Waals surface area contributed by atoms with Crippen LogP contribution in [0.15, 0.2) is 42.9 Å². The van der Waals surface area contributed by atoms with Gasteiger partial charge in [-0.05, 0) is 43.0 Å². The number of carbonyl (C=O) groups is 1. The normalized spacial score (nSPS) is 12.5. The van der Waals surface area contributed by atoms with Crippen LogP contribution in [0.4, 0.5) is 0 Å². The van der Waals surface area contributed by atoms with Gasteiger partial charge in [0.25, 0.3) is 5.91 Å². The maximum atomic E-state index is 12.3. The van der Waals surface area contributed by atoms with E-state index < -0.39 is 0 Å². The minimum atomic E-state index is -0.0566. The van der Waals surface area contributed by atoms with Crippen LogP contribution >= 0.6 is 0 Å². The Bertz CT molecular complexity index is 815. The van der Waals surface area contributed by atoms with Gasteiger partial charge in [0, 0.05) is 37.1 Å². The van der Waals surface area contributed by atoms with Crippen molar-refractivity contribution in [1.82, 2.24) is 19.7 Å². The smallest absolute Gasteiger partial charge is 0.251 e. The Morgan fingerprint density at radius 1 is 1.36 bits per heavy atom. The first-order valence-electron chi connectivity index (χ1n) is 7.38. The zero-order valence-electron chi connectivity index (χ0n) is 13.1. The Kier molecular flexibility index (Phi) is 3.71. The maximum Gasteiger partial charge on any atom is 0.251 e. The van der Waals surface area contributed by atoms with E-state index in [0.29, 0.717) is 12.1 Å². The summed E-state index contributed by atoms with van der Waals surface area (Å²) < 4.78 is 3.89. The molecule has 114 valence electrons. The molecule has 3 rings (SSSR count). The Balaban J connectivity index is 1.69. The molecule has 22 heavy (non-hydrogen) atoms. The topological polar surface area (TPSA) is 51.9 Å². The number of hydrogen-bond donors (Lipinski definition) is 1. The molecule has 0 saturated carbocycles. The van der Waals surface area contributed by atoms with Crippen LogP contribution in [0.3, 0.4) is 0 Å². The highest BCUT2D eigenvalue weighted by atomic mass is 16.1. The van der Waals surface area contributed by atoms with Crippen LogP contribution in [0.25, 0.3) is 10.9 Å². The van der Waals surface area contributed by atoms with Crippen LogP contribution in [-0.2, 0) is 7.05 Å². The van der Waals surface area contributed by atoms with Gasteiger partial charge in [-0.15, -0.1) is 0 Å². The Morgan fingerprint density at radius 3 is 2.91 bits per heavy atom. The fourth-order valence-corrected chi connectivity index (χ4v) is 2.51. The monoisotopic (exact) mass is 296 g/mol. The SMILES string of the molecule is Cc1cnn(C(C)CNC(=O)c2ccc3ccn(C)c3c2)c1. The molecule has 2 aromatic heterocycles. The number of aryl methyl sites for hydroxylation is 2. The summed E-state index contributed by atoms with van der Waals surface area (Å²) in [5.74, 6) is -0.0566. The van der Waals surface area contributed by atoms with E-state index in [4.69, 9.17) is 0 Å². The predicted octanol–water partition coefficient (Wildman–Crippen LogP) is 2.67. The molecule has 1 atom stereocenters. The van der Waals surface area contributed by atoms with Gasteiger partial charge >= 0.3 is 0 Å². The molecular weight excluding hydrogens is 276 g/mol. The molecule has 5 heteroatoms. The van der Waals surface area contributed by atoms with Crippen molar-refractivity contribution >= 4 is 16.8 Å². The lowest BCUT2D eigenvalue weighted by Gasteiger charge is -2.13. The van der Waals surface area contributed by atoms with Crippen molar-refractivity contribution in [1.29, 1.82) is 0 Å². The summed E-state index contributed by atoms with van der Waals surface area (Å²) in [6.07, 6.45) is 5.79. The van der Waals surface area contributed by atoms with E-state index in [9.17, 15) is 4.79 Å². The van der Waals surface area contributed by atoms with Gasteiger partial charge in [-0.1, -0.05) is 6.07 Å². The zero-order chi connectivity index (χ0) is 15.7. The van der Waals surface area contributed by atoms with Crippen LogP contribution < -0.4 is 5.32 Å². The molecule has 0 aliphatic rings. The van der Waals surface area contributed by atoms with Crippen molar-refractivity contribution in [3.63, 3.8) is 0 Å². The minimum absolute atomic E-state index is 0.0566. The minimum Gasteiger partial charge on any atom is -0.351 e. The van der Waals surface area contributed by atoms with E-state index in [2.05, 4.69) is 10.4 Å². The van der Waals surface area contributed by atoms with E-state index in [1.165, 1.54) is 0 Å². The lowest BCUT2D eigenvalue weighted by atomic mass is 10.1.